The zero-order valence-electron chi connectivity index (χ0n) is 15.1. The van der Waals surface area contributed by atoms with E-state index in [-0.39, 0.29) is 17.7 Å². The summed E-state index contributed by atoms with van der Waals surface area (Å²) in [5.41, 5.74) is 1.75. The predicted octanol–water partition coefficient (Wildman–Crippen LogP) is 3.07. The zero-order chi connectivity index (χ0) is 17.8. The molecule has 1 aliphatic heterocycles. The Balaban J connectivity index is 1.69. The van der Waals surface area contributed by atoms with Crippen molar-refractivity contribution in [2.24, 2.45) is 0 Å². The second kappa shape index (κ2) is 7.83. The lowest BCUT2D eigenvalue weighted by molar-refractivity contribution is -0.131. The van der Waals surface area contributed by atoms with Gasteiger partial charge in [0.25, 0.3) is 0 Å². The molecule has 1 aromatic heterocycles. The van der Waals surface area contributed by atoms with E-state index in [0.717, 1.165) is 48.9 Å². The maximum Gasteiger partial charge on any atom is 0.222 e. The molecule has 25 heavy (non-hydrogen) atoms. The summed E-state index contributed by atoms with van der Waals surface area (Å²) < 4.78 is 0. The van der Waals surface area contributed by atoms with Gasteiger partial charge in [-0.05, 0) is 25.8 Å². The van der Waals surface area contributed by atoms with Gasteiger partial charge in [0.1, 0.15) is 0 Å². The van der Waals surface area contributed by atoms with Crippen molar-refractivity contribution in [3.8, 4) is 0 Å². The summed E-state index contributed by atoms with van der Waals surface area (Å²) in [6.07, 6.45) is 4.23. The lowest BCUT2D eigenvalue weighted by atomic mass is 10.0. The molecule has 2 aromatic rings. The van der Waals surface area contributed by atoms with Crippen molar-refractivity contribution >= 4 is 22.6 Å². The number of aromatic nitrogens is 1. The first-order chi connectivity index (χ1) is 12.1. The number of hydrogen-bond donors (Lipinski definition) is 1. The number of Topliss-reactive ketones (excluding diaryl/α,β-unsaturated/α-hetero) is 1. The maximum absolute atomic E-state index is 13.0. The van der Waals surface area contributed by atoms with Crippen molar-refractivity contribution in [3.05, 3.63) is 36.0 Å². The third kappa shape index (κ3) is 3.76. The molecule has 134 valence electrons. The van der Waals surface area contributed by atoms with Gasteiger partial charge in [-0.15, -0.1) is 0 Å². The number of carbonyl (C=O) groups excluding carboxylic acids is 2. The number of para-hydroxylation sites is 1. The summed E-state index contributed by atoms with van der Waals surface area (Å²) in [6, 6.07) is 7.72. The molecule has 5 nitrogen and oxygen atoms in total. The topological polar surface area (TPSA) is 56.4 Å². The molecule has 1 N–H and O–H groups in total. The summed E-state index contributed by atoms with van der Waals surface area (Å²) in [5, 5.41) is 0.980. The summed E-state index contributed by atoms with van der Waals surface area (Å²) in [6.45, 7) is 7.13. The van der Waals surface area contributed by atoms with Gasteiger partial charge >= 0.3 is 0 Å². The lowest BCUT2D eigenvalue weighted by Crippen LogP contribution is -2.42. The molecule has 3 rings (SSSR count). The second-order valence-corrected chi connectivity index (χ2v) is 6.81. The van der Waals surface area contributed by atoms with Crippen LogP contribution in [0.1, 0.15) is 43.5 Å². The van der Waals surface area contributed by atoms with Crippen LogP contribution < -0.4 is 0 Å². The molecule has 2 heterocycles. The molecule has 0 bridgehead atoms. The molecule has 1 amide bonds. The lowest BCUT2D eigenvalue weighted by Gasteiger charge is -2.26. The fourth-order valence-corrected chi connectivity index (χ4v) is 3.61. The van der Waals surface area contributed by atoms with Gasteiger partial charge in [-0.2, -0.15) is 0 Å². The third-order valence-electron chi connectivity index (χ3n) is 5.13. The van der Waals surface area contributed by atoms with Gasteiger partial charge in [0.05, 0.1) is 6.04 Å². The van der Waals surface area contributed by atoms with E-state index in [4.69, 9.17) is 0 Å². The van der Waals surface area contributed by atoms with Crippen LogP contribution in [0.4, 0.5) is 0 Å². The Hall–Kier alpha value is -2.14. The monoisotopic (exact) mass is 341 g/mol. The average Bonchev–Trinajstić information content (AvgIpc) is 2.89. The average molecular weight is 341 g/mol. The number of aromatic amines is 1. The number of H-pyrrole nitrogens is 1. The standard InChI is InChI=1S/C20H27N3O2/c1-3-7-19(24)23-11-6-10-22(12-13-23)15(2)20(25)17-14-21-18-9-5-4-8-16(17)18/h4-5,8-9,14-15,21H,3,6-7,10-13H2,1-2H3. The van der Waals surface area contributed by atoms with Gasteiger partial charge in [0, 0.05) is 55.3 Å². The molecular formula is C20H27N3O2. The van der Waals surface area contributed by atoms with Crippen LogP contribution in [0.15, 0.2) is 30.5 Å². The van der Waals surface area contributed by atoms with E-state index >= 15 is 0 Å². The Morgan fingerprint density at radius 2 is 1.96 bits per heavy atom. The van der Waals surface area contributed by atoms with Crippen LogP contribution in [0.2, 0.25) is 0 Å². The molecule has 1 fully saturated rings. The fourth-order valence-electron chi connectivity index (χ4n) is 3.61. The van der Waals surface area contributed by atoms with Crippen molar-refractivity contribution in [3.63, 3.8) is 0 Å². The summed E-state index contributed by atoms with van der Waals surface area (Å²) >= 11 is 0. The second-order valence-electron chi connectivity index (χ2n) is 6.81. The van der Waals surface area contributed by atoms with E-state index in [9.17, 15) is 9.59 Å². The van der Waals surface area contributed by atoms with E-state index in [1.807, 2.05) is 49.2 Å². The van der Waals surface area contributed by atoms with E-state index in [1.165, 1.54) is 0 Å². The van der Waals surface area contributed by atoms with Gasteiger partial charge in [-0.25, -0.2) is 0 Å². The van der Waals surface area contributed by atoms with Crippen molar-refractivity contribution in [2.45, 2.75) is 39.2 Å². The number of carbonyl (C=O) groups is 2. The van der Waals surface area contributed by atoms with E-state index < -0.39 is 0 Å². The van der Waals surface area contributed by atoms with Crippen LogP contribution in [-0.4, -0.2) is 58.7 Å². The van der Waals surface area contributed by atoms with Gasteiger partial charge in [-0.3, -0.25) is 14.5 Å². The zero-order valence-corrected chi connectivity index (χ0v) is 15.1. The number of nitrogens with one attached hydrogen (secondary N) is 1. The fraction of sp³-hybridized carbons (Fsp3) is 0.500. The first kappa shape index (κ1) is 17.7. The normalized spacial score (nSPS) is 17.4. The maximum atomic E-state index is 13.0. The SMILES string of the molecule is CCCC(=O)N1CCCN(C(C)C(=O)c2c[nH]c3ccccc23)CC1. The van der Waals surface area contributed by atoms with Crippen molar-refractivity contribution in [1.82, 2.24) is 14.8 Å². The van der Waals surface area contributed by atoms with Crippen LogP contribution in [0.25, 0.3) is 10.9 Å². The molecule has 1 aliphatic rings. The molecule has 0 saturated carbocycles. The smallest absolute Gasteiger partial charge is 0.222 e. The largest absolute Gasteiger partial charge is 0.360 e. The quantitative estimate of drug-likeness (QED) is 0.850. The predicted molar refractivity (Wildman–Crippen MR) is 99.8 cm³/mol. The highest BCUT2D eigenvalue weighted by molar-refractivity contribution is 6.10. The minimum atomic E-state index is -0.180. The molecule has 1 saturated heterocycles. The Kier molecular flexibility index (Phi) is 5.53. The van der Waals surface area contributed by atoms with E-state index in [2.05, 4.69) is 9.88 Å². The van der Waals surface area contributed by atoms with Crippen molar-refractivity contribution in [2.75, 3.05) is 26.2 Å². The minimum Gasteiger partial charge on any atom is -0.360 e. The van der Waals surface area contributed by atoms with Crippen molar-refractivity contribution in [1.29, 1.82) is 0 Å². The number of fused-ring (bicyclic) bond motifs is 1. The highest BCUT2D eigenvalue weighted by Crippen LogP contribution is 2.21. The van der Waals surface area contributed by atoms with Gasteiger partial charge in [0.2, 0.25) is 5.91 Å². The molecule has 1 aromatic carbocycles. The number of benzene rings is 1. The molecular weight excluding hydrogens is 314 g/mol. The van der Waals surface area contributed by atoms with E-state index in [0.29, 0.717) is 13.0 Å². The van der Waals surface area contributed by atoms with Crippen LogP contribution in [0.5, 0.6) is 0 Å². The Morgan fingerprint density at radius 3 is 2.76 bits per heavy atom. The summed E-state index contributed by atoms with van der Waals surface area (Å²) in [7, 11) is 0. The summed E-state index contributed by atoms with van der Waals surface area (Å²) in [5.74, 6) is 0.380. The minimum absolute atomic E-state index is 0.144. The van der Waals surface area contributed by atoms with Crippen LogP contribution in [-0.2, 0) is 4.79 Å². The van der Waals surface area contributed by atoms with E-state index in [1.54, 1.807) is 0 Å². The van der Waals surface area contributed by atoms with Crippen LogP contribution in [0.3, 0.4) is 0 Å². The van der Waals surface area contributed by atoms with Crippen LogP contribution in [0, 0.1) is 0 Å². The molecule has 1 atom stereocenters. The molecule has 0 aliphatic carbocycles. The van der Waals surface area contributed by atoms with Gasteiger partial charge < -0.3 is 9.88 Å². The molecule has 5 heteroatoms. The first-order valence-corrected chi connectivity index (χ1v) is 9.24. The first-order valence-electron chi connectivity index (χ1n) is 9.24. The Morgan fingerprint density at radius 1 is 1.16 bits per heavy atom. The molecule has 0 radical (unpaired) electrons. The number of amides is 1. The Bertz CT molecular complexity index is 752. The van der Waals surface area contributed by atoms with Crippen molar-refractivity contribution < 1.29 is 9.59 Å². The Labute approximate surface area is 149 Å². The third-order valence-corrected chi connectivity index (χ3v) is 5.13. The highest BCUT2D eigenvalue weighted by atomic mass is 16.2. The molecule has 1 unspecified atom stereocenters. The van der Waals surface area contributed by atoms with Gasteiger partial charge in [0.15, 0.2) is 5.78 Å². The summed E-state index contributed by atoms with van der Waals surface area (Å²) in [4.78, 5) is 32.5. The number of nitrogens with zero attached hydrogens (tertiary/aromatic N) is 2. The van der Waals surface area contributed by atoms with Crippen LogP contribution >= 0.6 is 0 Å². The number of hydrogen-bond acceptors (Lipinski definition) is 3. The molecule has 0 spiro atoms. The number of ketones is 1. The number of rotatable bonds is 5. The highest BCUT2D eigenvalue weighted by Gasteiger charge is 2.27. The van der Waals surface area contributed by atoms with Gasteiger partial charge in [-0.1, -0.05) is 25.1 Å².